The minimum Gasteiger partial charge on any atom is -0.391 e. The van der Waals surface area contributed by atoms with Crippen molar-refractivity contribution < 1.29 is 5.11 Å². The standard InChI is InChI=1S/C11H18N2O/c1-7(2)11(14)10(12)9-6-4-5-8(3)13-9/h4-7,10-11,14H,12H2,1-3H3/t10-,11+/m1/s1. The molecule has 3 nitrogen and oxygen atoms in total. The number of nitrogens with two attached hydrogens (primary N) is 1. The Kier molecular flexibility index (Phi) is 3.61. The maximum absolute atomic E-state index is 9.77. The van der Waals surface area contributed by atoms with E-state index >= 15 is 0 Å². The fraction of sp³-hybridized carbons (Fsp3) is 0.545. The summed E-state index contributed by atoms with van der Waals surface area (Å²) in [7, 11) is 0. The molecule has 0 spiro atoms. The molecule has 0 unspecified atom stereocenters. The summed E-state index contributed by atoms with van der Waals surface area (Å²) in [5.74, 6) is 0.146. The zero-order valence-corrected chi connectivity index (χ0v) is 8.94. The minimum absolute atomic E-state index is 0.146. The van der Waals surface area contributed by atoms with Gasteiger partial charge in [-0.1, -0.05) is 19.9 Å². The van der Waals surface area contributed by atoms with Gasteiger partial charge in [0.15, 0.2) is 0 Å². The van der Waals surface area contributed by atoms with Gasteiger partial charge >= 0.3 is 0 Å². The maximum Gasteiger partial charge on any atom is 0.0771 e. The van der Waals surface area contributed by atoms with Crippen molar-refractivity contribution in [3.8, 4) is 0 Å². The van der Waals surface area contributed by atoms with Crippen LogP contribution < -0.4 is 5.73 Å². The predicted octanol–water partition coefficient (Wildman–Crippen LogP) is 1.41. The lowest BCUT2D eigenvalue weighted by Gasteiger charge is -2.21. The second-order valence-corrected chi connectivity index (χ2v) is 3.96. The van der Waals surface area contributed by atoms with Crippen LogP contribution in [-0.4, -0.2) is 16.2 Å². The normalized spacial score (nSPS) is 15.6. The molecule has 0 radical (unpaired) electrons. The molecule has 1 aromatic rings. The van der Waals surface area contributed by atoms with E-state index in [4.69, 9.17) is 5.73 Å². The molecule has 0 aliphatic heterocycles. The number of hydrogen-bond acceptors (Lipinski definition) is 3. The molecule has 0 saturated heterocycles. The molecule has 78 valence electrons. The molecule has 0 bridgehead atoms. The molecule has 14 heavy (non-hydrogen) atoms. The fourth-order valence-corrected chi connectivity index (χ4v) is 1.34. The number of rotatable bonds is 3. The van der Waals surface area contributed by atoms with Crippen molar-refractivity contribution >= 4 is 0 Å². The van der Waals surface area contributed by atoms with E-state index in [2.05, 4.69) is 4.98 Å². The Morgan fingerprint density at radius 3 is 2.50 bits per heavy atom. The Bertz CT molecular complexity index is 299. The quantitative estimate of drug-likeness (QED) is 0.764. The lowest BCUT2D eigenvalue weighted by Crippen LogP contribution is -2.31. The predicted molar refractivity (Wildman–Crippen MR) is 56.7 cm³/mol. The van der Waals surface area contributed by atoms with Gasteiger partial charge in [-0.2, -0.15) is 0 Å². The van der Waals surface area contributed by atoms with E-state index in [1.807, 2.05) is 39.0 Å². The first-order valence-corrected chi connectivity index (χ1v) is 4.89. The van der Waals surface area contributed by atoms with Crippen LogP contribution in [0.2, 0.25) is 0 Å². The minimum atomic E-state index is -0.538. The van der Waals surface area contributed by atoms with Gasteiger partial charge in [-0.3, -0.25) is 4.98 Å². The first-order chi connectivity index (χ1) is 6.52. The molecule has 0 amide bonds. The van der Waals surface area contributed by atoms with E-state index in [-0.39, 0.29) is 5.92 Å². The fourth-order valence-electron chi connectivity index (χ4n) is 1.34. The lowest BCUT2D eigenvalue weighted by atomic mass is 9.97. The molecule has 3 heteroatoms. The van der Waals surface area contributed by atoms with Gasteiger partial charge in [-0.15, -0.1) is 0 Å². The van der Waals surface area contributed by atoms with Crippen LogP contribution >= 0.6 is 0 Å². The summed E-state index contributed by atoms with van der Waals surface area (Å²) in [6.45, 7) is 5.80. The summed E-state index contributed by atoms with van der Waals surface area (Å²) in [5.41, 5.74) is 7.58. The molecule has 1 rings (SSSR count). The monoisotopic (exact) mass is 194 g/mol. The molecule has 0 aliphatic carbocycles. The zero-order chi connectivity index (χ0) is 10.7. The second-order valence-electron chi connectivity index (χ2n) is 3.96. The molecular formula is C11H18N2O. The van der Waals surface area contributed by atoms with Gasteiger partial charge in [0, 0.05) is 5.69 Å². The molecular weight excluding hydrogens is 176 g/mol. The van der Waals surface area contributed by atoms with Crippen LogP contribution in [0.3, 0.4) is 0 Å². The van der Waals surface area contributed by atoms with Crippen molar-refractivity contribution in [3.63, 3.8) is 0 Å². The first kappa shape index (κ1) is 11.1. The molecule has 1 aromatic heterocycles. The van der Waals surface area contributed by atoms with Crippen molar-refractivity contribution in [3.05, 3.63) is 29.6 Å². The van der Waals surface area contributed by atoms with Gasteiger partial charge in [0.2, 0.25) is 0 Å². The van der Waals surface area contributed by atoms with Crippen molar-refractivity contribution in [1.82, 2.24) is 4.98 Å². The summed E-state index contributed by atoms with van der Waals surface area (Å²) in [6.07, 6.45) is -0.538. The van der Waals surface area contributed by atoms with E-state index in [1.165, 1.54) is 0 Å². The number of aryl methyl sites for hydroxylation is 1. The van der Waals surface area contributed by atoms with E-state index in [1.54, 1.807) is 0 Å². The molecule has 2 atom stereocenters. The Labute approximate surface area is 85.0 Å². The van der Waals surface area contributed by atoms with Gasteiger partial charge < -0.3 is 10.8 Å². The SMILES string of the molecule is Cc1cccc([C@@H](N)[C@@H](O)C(C)C)n1. The van der Waals surface area contributed by atoms with Crippen molar-refractivity contribution in [2.45, 2.75) is 32.9 Å². The van der Waals surface area contributed by atoms with Crippen molar-refractivity contribution in [2.75, 3.05) is 0 Å². The molecule has 0 aliphatic rings. The topological polar surface area (TPSA) is 59.1 Å². The summed E-state index contributed by atoms with van der Waals surface area (Å²) < 4.78 is 0. The highest BCUT2D eigenvalue weighted by molar-refractivity contribution is 5.14. The Morgan fingerprint density at radius 1 is 1.36 bits per heavy atom. The van der Waals surface area contributed by atoms with Gasteiger partial charge in [-0.25, -0.2) is 0 Å². The smallest absolute Gasteiger partial charge is 0.0771 e. The average Bonchev–Trinajstić information content (AvgIpc) is 2.15. The third kappa shape index (κ3) is 2.53. The van der Waals surface area contributed by atoms with E-state index in [0.29, 0.717) is 0 Å². The summed E-state index contributed by atoms with van der Waals surface area (Å²) in [4.78, 5) is 4.29. The van der Waals surface area contributed by atoms with Crippen LogP contribution in [0.4, 0.5) is 0 Å². The Morgan fingerprint density at radius 2 is 2.00 bits per heavy atom. The molecule has 0 saturated carbocycles. The zero-order valence-electron chi connectivity index (χ0n) is 8.94. The second kappa shape index (κ2) is 4.53. The van der Waals surface area contributed by atoms with Crippen LogP contribution in [-0.2, 0) is 0 Å². The number of aliphatic hydroxyl groups is 1. The number of nitrogens with zero attached hydrogens (tertiary/aromatic N) is 1. The lowest BCUT2D eigenvalue weighted by molar-refractivity contribution is 0.0965. The van der Waals surface area contributed by atoms with E-state index in [0.717, 1.165) is 11.4 Å². The summed E-state index contributed by atoms with van der Waals surface area (Å²) in [5, 5.41) is 9.77. The Balaban J connectivity index is 2.83. The number of aliphatic hydroxyl groups excluding tert-OH is 1. The molecule has 3 N–H and O–H groups in total. The first-order valence-electron chi connectivity index (χ1n) is 4.89. The number of hydrogen-bond donors (Lipinski definition) is 2. The summed E-state index contributed by atoms with van der Waals surface area (Å²) in [6, 6.07) is 5.28. The summed E-state index contributed by atoms with van der Waals surface area (Å²) >= 11 is 0. The highest BCUT2D eigenvalue weighted by Crippen LogP contribution is 2.17. The van der Waals surface area contributed by atoms with Crippen molar-refractivity contribution in [1.29, 1.82) is 0 Å². The van der Waals surface area contributed by atoms with Gasteiger partial charge in [-0.05, 0) is 25.0 Å². The number of pyridine rings is 1. The van der Waals surface area contributed by atoms with E-state index < -0.39 is 12.1 Å². The van der Waals surface area contributed by atoms with Gasteiger partial charge in [0.05, 0.1) is 17.8 Å². The highest BCUT2D eigenvalue weighted by atomic mass is 16.3. The van der Waals surface area contributed by atoms with Crippen LogP contribution in [0.1, 0.15) is 31.3 Å². The molecule has 0 aromatic carbocycles. The highest BCUT2D eigenvalue weighted by Gasteiger charge is 2.20. The molecule has 0 fully saturated rings. The third-order valence-electron chi connectivity index (χ3n) is 2.30. The van der Waals surface area contributed by atoms with Crippen LogP contribution in [0.5, 0.6) is 0 Å². The van der Waals surface area contributed by atoms with Crippen LogP contribution in [0.25, 0.3) is 0 Å². The largest absolute Gasteiger partial charge is 0.391 e. The number of aromatic nitrogens is 1. The van der Waals surface area contributed by atoms with Crippen LogP contribution in [0.15, 0.2) is 18.2 Å². The molecule has 1 heterocycles. The van der Waals surface area contributed by atoms with E-state index in [9.17, 15) is 5.11 Å². The van der Waals surface area contributed by atoms with Gasteiger partial charge in [0.1, 0.15) is 0 Å². The maximum atomic E-state index is 9.77. The average molecular weight is 194 g/mol. The van der Waals surface area contributed by atoms with Crippen LogP contribution in [0, 0.1) is 12.8 Å². The Hall–Kier alpha value is -0.930. The van der Waals surface area contributed by atoms with Crippen molar-refractivity contribution in [2.24, 2.45) is 11.7 Å². The third-order valence-corrected chi connectivity index (χ3v) is 2.30. The van der Waals surface area contributed by atoms with Gasteiger partial charge in [0.25, 0.3) is 0 Å².